The third-order valence-corrected chi connectivity index (χ3v) is 2.23. The summed E-state index contributed by atoms with van der Waals surface area (Å²) in [5.41, 5.74) is 0. The Bertz CT molecular complexity index is 237. The van der Waals surface area contributed by atoms with E-state index in [4.69, 9.17) is 0 Å². The summed E-state index contributed by atoms with van der Waals surface area (Å²) in [6.45, 7) is 0. The molecule has 0 nitrogen and oxygen atoms in total. The molecule has 0 amide bonds. The first-order chi connectivity index (χ1) is 5.46. The molecule has 0 saturated carbocycles. The molecule has 0 unspecified atom stereocenters. The van der Waals surface area contributed by atoms with Crippen LogP contribution in [0.2, 0.25) is 0 Å². The zero-order chi connectivity index (χ0) is 9.46. The van der Waals surface area contributed by atoms with Crippen LogP contribution in [0.5, 0.6) is 0 Å². The minimum Gasteiger partial charge on any atom is -0.202 e. The third kappa shape index (κ3) is 2.19. The van der Waals surface area contributed by atoms with Crippen molar-refractivity contribution >= 4 is 25.3 Å². The van der Waals surface area contributed by atoms with Crippen molar-refractivity contribution in [3.05, 3.63) is 23.3 Å². The van der Waals surface area contributed by atoms with Crippen molar-refractivity contribution < 1.29 is 37.0 Å². The van der Waals surface area contributed by atoms with Gasteiger partial charge in [0.1, 0.15) is 0 Å². The quantitative estimate of drug-likeness (QED) is 0.236. The van der Waals surface area contributed by atoms with E-state index < -0.39 is 33.1 Å². The number of rotatable bonds is 0. The summed E-state index contributed by atoms with van der Waals surface area (Å²) in [6, 6.07) is 0. The van der Waals surface area contributed by atoms with Gasteiger partial charge >= 0.3 is 0 Å². The summed E-state index contributed by atoms with van der Waals surface area (Å²) in [4.78, 5) is -1.29. The van der Waals surface area contributed by atoms with Gasteiger partial charge in [0, 0.05) is 19.5 Å². The first-order valence-corrected chi connectivity index (χ1v) is 3.60. The largest absolute Gasteiger partial charge is 0.202 e. The maximum absolute atomic E-state index is 12.5. The average Bonchev–Trinajstić information content (AvgIpc) is 2.08. The van der Waals surface area contributed by atoms with E-state index in [-0.39, 0.29) is 19.5 Å². The predicted molar refractivity (Wildman–Crippen MR) is 40.8 cm³/mol. The van der Waals surface area contributed by atoms with Gasteiger partial charge in [0.05, 0.1) is 9.79 Å². The third-order valence-electron chi connectivity index (χ3n) is 1.22. The molecule has 1 aromatic rings. The van der Waals surface area contributed by atoms with E-state index in [1.54, 1.807) is 0 Å². The van der Waals surface area contributed by atoms with Crippen LogP contribution < -0.4 is 0 Å². The van der Waals surface area contributed by atoms with Gasteiger partial charge in [0.15, 0.2) is 23.3 Å². The molecule has 0 aliphatic rings. The van der Waals surface area contributed by atoms with Gasteiger partial charge in [-0.3, -0.25) is 0 Å². The molecule has 0 N–H and O–H groups in total. The monoisotopic (exact) mass is 278 g/mol. The summed E-state index contributed by atoms with van der Waals surface area (Å²) in [6.07, 6.45) is 0. The van der Waals surface area contributed by atoms with E-state index in [1.807, 2.05) is 0 Å². The van der Waals surface area contributed by atoms with Gasteiger partial charge < -0.3 is 0 Å². The molecule has 1 aromatic carbocycles. The molecular weight excluding hydrogens is 278 g/mol. The van der Waals surface area contributed by atoms with E-state index in [9.17, 15) is 17.6 Å². The predicted octanol–water partition coefficient (Wildman–Crippen LogP) is 2.82. The van der Waals surface area contributed by atoms with Crippen LogP contribution in [0.15, 0.2) is 9.79 Å². The molecule has 0 fully saturated rings. The first kappa shape index (κ1) is 13.3. The Morgan fingerprint density at radius 2 is 0.846 bits per heavy atom. The van der Waals surface area contributed by atoms with Crippen LogP contribution in [0.25, 0.3) is 0 Å². The summed E-state index contributed by atoms with van der Waals surface area (Å²) in [5, 5.41) is 0. The van der Waals surface area contributed by atoms with Crippen molar-refractivity contribution in [2.75, 3.05) is 0 Å². The van der Waals surface area contributed by atoms with E-state index in [2.05, 4.69) is 25.3 Å². The van der Waals surface area contributed by atoms with Crippen molar-refractivity contribution in [1.82, 2.24) is 0 Å². The molecule has 0 atom stereocenters. The van der Waals surface area contributed by atoms with Gasteiger partial charge in [-0.15, -0.1) is 25.3 Å². The molecule has 0 radical (unpaired) electrons. The van der Waals surface area contributed by atoms with Crippen LogP contribution in [-0.2, 0) is 19.5 Å². The molecule has 13 heavy (non-hydrogen) atoms. The van der Waals surface area contributed by atoms with Crippen LogP contribution in [0.1, 0.15) is 0 Å². The molecule has 0 spiro atoms. The molecule has 0 aliphatic carbocycles. The molecule has 0 heterocycles. The van der Waals surface area contributed by atoms with Gasteiger partial charge in [0.25, 0.3) is 0 Å². The fourth-order valence-electron chi connectivity index (χ4n) is 0.609. The molecule has 0 aliphatic heterocycles. The Kier molecular flexibility index (Phi) is 4.76. The number of halogens is 4. The maximum atomic E-state index is 12.5. The standard InChI is InChI=1S/C6H2F4S2.Zn/c7-1-2(8)4(10)6(12)5(11)3(1)9;/h11-12H;. The van der Waals surface area contributed by atoms with E-state index in [1.165, 1.54) is 0 Å². The fraction of sp³-hybridized carbons (Fsp3) is 0. The number of hydrogen-bond donors (Lipinski definition) is 2. The zero-order valence-corrected chi connectivity index (χ0v) is 10.9. The minimum atomic E-state index is -1.88. The Morgan fingerprint density at radius 1 is 0.615 bits per heavy atom. The van der Waals surface area contributed by atoms with Gasteiger partial charge in [-0.2, -0.15) is 0 Å². The molecule has 68 valence electrons. The van der Waals surface area contributed by atoms with Crippen molar-refractivity contribution in [2.45, 2.75) is 9.79 Å². The molecular formula is C6H2F4S2Zn. The number of hydrogen-bond acceptors (Lipinski definition) is 2. The van der Waals surface area contributed by atoms with Crippen LogP contribution in [-0.4, -0.2) is 0 Å². The Morgan fingerprint density at radius 3 is 1.08 bits per heavy atom. The molecule has 0 saturated heterocycles. The van der Waals surface area contributed by atoms with Gasteiger partial charge in [0.2, 0.25) is 0 Å². The topological polar surface area (TPSA) is 0 Å². The zero-order valence-electron chi connectivity index (χ0n) is 6.11. The van der Waals surface area contributed by atoms with Crippen LogP contribution in [0, 0.1) is 23.3 Å². The second-order valence-corrected chi connectivity index (χ2v) is 2.85. The number of thiol groups is 2. The molecule has 1 rings (SSSR count). The Balaban J connectivity index is 0.00000144. The van der Waals surface area contributed by atoms with Crippen LogP contribution in [0.4, 0.5) is 17.6 Å². The number of benzene rings is 1. The van der Waals surface area contributed by atoms with Crippen molar-refractivity contribution in [3.63, 3.8) is 0 Å². The maximum Gasteiger partial charge on any atom is 0.198 e. The smallest absolute Gasteiger partial charge is 0.198 e. The Labute approximate surface area is 95.3 Å². The van der Waals surface area contributed by atoms with Crippen molar-refractivity contribution in [2.24, 2.45) is 0 Å². The van der Waals surface area contributed by atoms with Crippen molar-refractivity contribution in [3.8, 4) is 0 Å². The van der Waals surface area contributed by atoms with E-state index in [0.29, 0.717) is 0 Å². The fourth-order valence-corrected chi connectivity index (χ4v) is 1.00. The van der Waals surface area contributed by atoms with Gasteiger partial charge in [-0.1, -0.05) is 0 Å². The van der Waals surface area contributed by atoms with E-state index >= 15 is 0 Å². The van der Waals surface area contributed by atoms with Gasteiger partial charge in [-0.05, 0) is 0 Å². The second-order valence-electron chi connectivity index (χ2n) is 1.95. The molecule has 0 aromatic heterocycles. The van der Waals surface area contributed by atoms with Crippen molar-refractivity contribution in [1.29, 1.82) is 0 Å². The average molecular weight is 280 g/mol. The van der Waals surface area contributed by atoms with E-state index in [0.717, 1.165) is 0 Å². The minimum absolute atomic E-state index is 0. The SMILES string of the molecule is Fc1c(F)c(F)c(S)c(S)c1F.[Zn]. The van der Waals surface area contributed by atoms with Crippen LogP contribution in [0.3, 0.4) is 0 Å². The summed E-state index contributed by atoms with van der Waals surface area (Å²) in [7, 11) is 0. The second kappa shape index (κ2) is 4.66. The van der Waals surface area contributed by atoms with Gasteiger partial charge in [-0.25, -0.2) is 17.6 Å². The summed E-state index contributed by atoms with van der Waals surface area (Å²) < 4.78 is 49.8. The Hall–Kier alpha value is 0.263. The van der Waals surface area contributed by atoms with Crippen LogP contribution >= 0.6 is 25.3 Å². The normalized spacial score (nSPS) is 9.69. The summed E-state index contributed by atoms with van der Waals surface area (Å²) >= 11 is 6.80. The summed E-state index contributed by atoms with van der Waals surface area (Å²) in [5.74, 6) is -6.84. The first-order valence-electron chi connectivity index (χ1n) is 2.70. The molecule has 0 bridgehead atoms. The molecule has 7 heteroatoms.